The predicted octanol–water partition coefficient (Wildman–Crippen LogP) is 3.06. The normalized spacial score (nSPS) is 19.0. The van der Waals surface area contributed by atoms with Crippen molar-refractivity contribution in [2.45, 2.75) is 51.2 Å². The second-order valence-electron chi connectivity index (χ2n) is 6.63. The van der Waals surface area contributed by atoms with E-state index in [0.29, 0.717) is 23.9 Å². The van der Waals surface area contributed by atoms with Gasteiger partial charge < -0.3 is 9.73 Å². The Bertz CT molecular complexity index is 818. The maximum absolute atomic E-state index is 12.4. The van der Waals surface area contributed by atoms with Crippen LogP contribution in [0, 0.1) is 4.77 Å². The highest BCUT2D eigenvalue weighted by Gasteiger charge is 2.28. The number of furan rings is 1. The van der Waals surface area contributed by atoms with Gasteiger partial charge in [-0.2, -0.15) is 0 Å². The second kappa shape index (κ2) is 6.57. The zero-order valence-corrected chi connectivity index (χ0v) is 14.4. The summed E-state index contributed by atoms with van der Waals surface area (Å²) in [4.78, 5) is 17.6. The van der Waals surface area contributed by atoms with E-state index in [1.54, 1.807) is 6.26 Å². The van der Waals surface area contributed by atoms with E-state index in [2.05, 4.69) is 15.2 Å². The molecule has 2 N–H and O–H groups in total. The summed E-state index contributed by atoms with van der Waals surface area (Å²) in [5, 5.41) is 3.43. The van der Waals surface area contributed by atoms with Crippen LogP contribution in [-0.4, -0.2) is 27.2 Å². The number of fused-ring (bicyclic) bond motifs is 1. The molecule has 0 aromatic carbocycles. The maximum Gasteiger partial charge on any atom is 0.258 e. The number of hydrogen-bond donors (Lipinski definition) is 2. The Morgan fingerprint density at radius 3 is 2.88 bits per heavy atom. The highest BCUT2D eigenvalue weighted by atomic mass is 32.1. The Labute approximate surface area is 145 Å². The first-order valence-electron chi connectivity index (χ1n) is 8.58. The Hall–Kier alpha value is -1.86. The van der Waals surface area contributed by atoms with Crippen molar-refractivity contribution < 1.29 is 4.42 Å². The zero-order chi connectivity index (χ0) is 16.5. The van der Waals surface area contributed by atoms with Crippen molar-refractivity contribution in [2.24, 2.45) is 0 Å². The van der Waals surface area contributed by atoms with Crippen molar-refractivity contribution in [3.63, 3.8) is 0 Å². The van der Waals surface area contributed by atoms with E-state index in [-0.39, 0.29) is 5.56 Å². The van der Waals surface area contributed by atoms with Gasteiger partial charge in [0.1, 0.15) is 11.6 Å². The fourth-order valence-corrected chi connectivity index (χ4v) is 4.06. The molecule has 2 aliphatic rings. The summed E-state index contributed by atoms with van der Waals surface area (Å²) in [7, 11) is 0. The molecule has 7 heteroatoms. The average Bonchev–Trinajstić information content (AvgIpc) is 3.12. The lowest BCUT2D eigenvalue weighted by atomic mass is 9.94. The third-order valence-corrected chi connectivity index (χ3v) is 5.41. The van der Waals surface area contributed by atoms with E-state index in [1.807, 2.05) is 16.7 Å². The van der Waals surface area contributed by atoms with Crippen LogP contribution >= 0.6 is 12.2 Å². The van der Waals surface area contributed by atoms with Gasteiger partial charge in [-0.05, 0) is 37.2 Å². The first-order valence-corrected chi connectivity index (χ1v) is 8.99. The number of aromatic nitrogens is 2. The van der Waals surface area contributed by atoms with Gasteiger partial charge in [-0.15, -0.1) is 0 Å². The monoisotopic (exact) mass is 346 g/mol. The number of nitrogens with zero attached hydrogens (tertiary/aromatic N) is 2. The van der Waals surface area contributed by atoms with Gasteiger partial charge in [0, 0.05) is 12.6 Å². The molecule has 0 atom stereocenters. The molecule has 4 rings (SSSR count). The quantitative estimate of drug-likeness (QED) is 0.836. The number of hydrogen-bond acceptors (Lipinski definition) is 5. The lowest BCUT2D eigenvalue weighted by Crippen LogP contribution is -2.45. The van der Waals surface area contributed by atoms with Crippen LogP contribution in [0.2, 0.25) is 0 Å². The van der Waals surface area contributed by atoms with Crippen LogP contribution in [-0.2, 0) is 13.1 Å². The summed E-state index contributed by atoms with van der Waals surface area (Å²) in [6.45, 7) is 1.95. The van der Waals surface area contributed by atoms with Crippen molar-refractivity contribution in [3.05, 3.63) is 44.8 Å². The topological polar surface area (TPSA) is 66.2 Å². The van der Waals surface area contributed by atoms with Crippen LogP contribution in [0.25, 0.3) is 0 Å². The van der Waals surface area contributed by atoms with E-state index < -0.39 is 0 Å². The fraction of sp³-hybridized carbons (Fsp3) is 0.529. The van der Waals surface area contributed by atoms with Gasteiger partial charge >= 0.3 is 0 Å². The molecule has 0 bridgehead atoms. The molecule has 1 saturated carbocycles. The lowest BCUT2D eigenvalue weighted by molar-refractivity contribution is 0.152. The molecule has 0 unspecified atom stereocenters. The van der Waals surface area contributed by atoms with E-state index >= 15 is 0 Å². The maximum atomic E-state index is 12.4. The van der Waals surface area contributed by atoms with E-state index in [1.165, 1.54) is 32.1 Å². The third kappa shape index (κ3) is 2.93. The Kier molecular flexibility index (Phi) is 4.28. The van der Waals surface area contributed by atoms with Gasteiger partial charge in [0.05, 0.1) is 25.0 Å². The Balaban J connectivity index is 1.65. The second-order valence-corrected chi connectivity index (χ2v) is 7.01. The summed E-state index contributed by atoms with van der Waals surface area (Å²) in [6, 6.07) is 4.34. The summed E-state index contributed by atoms with van der Waals surface area (Å²) in [5.41, 5.74) is 0.686. The third-order valence-electron chi connectivity index (χ3n) is 5.09. The van der Waals surface area contributed by atoms with E-state index in [9.17, 15) is 4.79 Å². The molecular weight excluding hydrogens is 324 g/mol. The Morgan fingerprint density at radius 2 is 2.12 bits per heavy atom. The molecule has 6 nitrogen and oxygen atoms in total. The predicted molar refractivity (Wildman–Crippen MR) is 94.6 cm³/mol. The van der Waals surface area contributed by atoms with E-state index in [4.69, 9.17) is 16.6 Å². The van der Waals surface area contributed by atoms with Crippen LogP contribution in [0.15, 0.2) is 27.6 Å². The van der Waals surface area contributed by atoms with Crippen molar-refractivity contribution in [2.75, 3.05) is 12.0 Å². The number of rotatable bonds is 3. The molecule has 24 heavy (non-hydrogen) atoms. The van der Waals surface area contributed by atoms with E-state index in [0.717, 1.165) is 23.8 Å². The van der Waals surface area contributed by atoms with Crippen LogP contribution in [0.5, 0.6) is 0 Å². The number of nitrogens with one attached hydrogen (secondary N) is 2. The first kappa shape index (κ1) is 15.7. The van der Waals surface area contributed by atoms with Gasteiger partial charge in [0.25, 0.3) is 5.56 Å². The smallest absolute Gasteiger partial charge is 0.258 e. The molecule has 1 aliphatic heterocycles. The standard InChI is InChI=1S/C17H22N4O2S/c22-16-14-10-20(12-5-2-1-3-6-12)11-18-15(14)21(17(24)19-16)9-13-7-4-8-23-13/h4,7-8,12,18H,1-3,5-6,9-11H2,(H,19,22,24). The van der Waals surface area contributed by atoms with Gasteiger partial charge in [0.15, 0.2) is 4.77 Å². The van der Waals surface area contributed by atoms with Crippen molar-refractivity contribution in [1.82, 2.24) is 14.5 Å². The summed E-state index contributed by atoms with van der Waals surface area (Å²) in [6.07, 6.45) is 8.00. The first-order chi connectivity index (χ1) is 11.7. The molecule has 128 valence electrons. The minimum absolute atomic E-state index is 0.0845. The molecular formula is C17H22N4O2S. The molecule has 0 spiro atoms. The molecule has 2 aromatic heterocycles. The number of aromatic amines is 1. The molecule has 1 aliphatic carbocycles. The van der Waals surface area contributed by atoms with Gasteiger partial charge in [0.2, 0.25) is 0 Å². The SMILES string of the molecule is O=c1[nH]c(=S)n(Cc2ccco2)c2c1CN(C1CCCCC1)CN2. The summed E-state index contributed by atoms with van der Waals surface area (Å²) >= 11 is 5.36. The average molecular weight is 346 g/mol. The highest BCUT2D eigenvalue weighted by molar-refractivity contribution is 7.71. The van der Waals surface area contributed by atoms with Gasteiger partial charge in [-0.25, -0.2) is 0 Å². The minimum Gasteiger partial charge on any atom is -0.467 e. The van der Waals surface area contributed by atoms with Crippen LogP contribution in [0.3, 0.4) is 0 Å². The van der Waals surface area contributed by atoms with Crippen molar-refractivity contribution in [1.29, 1.82) is 0 Å². The van der Waals surface area contributed by atoms with Crippen molar-refractivity contribution >= 4 is 18.0 Å². The lowest BCUT2D eigenvalue weighted by Gasteiger charge is -2.38. The van der Waals surface area contributed by atoms with Crippen LogP contribution < -0.4 is 10.9 Å². The van der Waals surface area contributed by atoms with Crippen molar-refractivity contribution in [3.8, 4) is 0 Å². The molecule has 1 fully saturated rings. The zero-order valence-electron chi connectivity index (χ0n) is 13.6. The largest absolute Gasteiger partial charge is 0.467 e. The molecule has 2 aromatic rings. The van der Waals surface area contributed by atoms with Gasteiger partial charge in [-0.1, -0.05) is 19.3 Å². The van der Waals surface area contributed by atoms with Crippen LogP contribution in [0.4, 0.5) is 5.82 Å². The fourth-order valence-electron chi connectivity index (χ4n) is 3.81. The molecule has 3 heterocycles. The highest BCUT2D eigenvalue weighted by Crippen LogP contribution is 2.27. The summed E-state index contributed by atoms with van der Waals surface area (Å²) < 4.78 is 7.78. The summed E-state index contributed by atoms with van der Waals surface area (Å²) in [5.74, 6) is 1.64. The number of H-pyrrole nitrogens is 1. The molecule has 0 radical (unpaired) electrons. The minimum atomic E-state index is -0.0845. The Morgan fingerprint density at radius 1 is 1.29 bits per heavy atom. The van der Waals surface area contributed by atoms with Gasteiger partial charge in [-0.3, -0.25) is 19.2 Å². The molecule has 0 amide bonds. The number of anilines is 1. The molecule has 0 saturated heterocycles. The van der Waals surface area contributed by atoms with Crippen LogP contribution in [0.1, 0.15) is 43.4 Å².